The first kappa shape index (κ1) is 18.2. The molecule has 4 nitrogen and oxygen atoms in total. The molecule has 1 aliphatic rings. The fourth-order valence-electron chi connectivity index (χ4n) is 3.56. The largest absolute Gasteiger partial charge is 0.308 e. The summed E-state index contributed by atoms with van der Waals surface area (Å²) < 4.78 is 2.03. The topological polar surface area (TPSA) is 38.1 Å². The van der Waals surface area contributed by atoms with E-state index in [9.17, 15) is 4.79 Å². The lowest BCUT2D eigenvalue weighted by molar-refractivity contribution is 0.219. The summed E-state index contributed by atoms with van der Waals surface area (Å²) in [4.78, 5) is 20.1. The van der Waals surface area contributed by atoms with Crippen LogP contribution >= 0.6 is 0 Å². The maximum Gasteiger partial charge on any atom is 0.272 e. The molecule has 0 unspecified atom stereocenters. The predicted molar refractivity (Wildman–Crippen MR) is 96.2 cm³/mol. The second-order valence-corrected chi connectivity index (χ2v) is 6.62. The molecule has 4 heteroatoms. The van der Waals surface area contributed by atoms with Gasteiger partial charge in [0.05, 0.1) is 5.69 Å². The number of hydrogen-bond donors (Lipinski definition) is 0. The fraction of sp³-hybridized carbons (Fsp3) is 0.789. The van der Waals surface area contributed by atoms with Crippen LogP contribution in [0.5, 0.6) is 0 Å². The highest BCUT2D eigenvalue weighted by molar-refractivity contribution is 5.17. The number of unbranched alkanes of at least 4 members (excludes halogenated alkanes) is 1. The van der Waals surface area contributed by atoms with E-state index in [-0.39, 0.29) is 5.56 Å². The summed E-state index contributed by atoms with van der Waals surface area (Å²) in [6.45, 7) is 10.6. The summed E-state index contributed by atoms with van der Waals surface area (Å²) in [6, 6.07) is 0. The minimum Gasteiger partial charge on any atom is -0.308 e. The minimum atomic E-state index is 0.157. The van der Waals surface area contributed by atoms with Crippen LogP contribution in [0.3, 0.4) is 0 Å². The van der Waals surface area contributed by atoms with Crippen molar-refractivity contribution in [1.29, 1.82) is 0 Å². The smallest absolute Gasteiger partial charge is 0.272 e. The molecular formula is C19H33N3O. The Balaban J connectivity index is 2.24. The van der Waals surface area contributed by atoms with Gasteiger partial charge in [0, 0.05) is 18.8 Å². The van der Waals surface area contributed by atoms with E-state index in [0.717, 1.165) is 62.3 Å². The molecule has 0 radical (unpaired) electrons. The Kier molecular flexibility index (Phi) is 7.28. The van der Waals surface area contributed by atoms with Crippen molar-refractivity contribution in [2.24, 2.45) is 0 Å². The lowest BCUT2D eigenvalue weighted by Gasteiger charge is -2.27. The quantitative estimate of drug-likeness (QED) is 0.738. The van der Waals surface area contributed by atoms with E-state index in [1.54, 1.807) is 0 Å². The summed E-state index contributed by atoms with van der Waals surface area (Å²) in [5, 5.41) is 0. The van der Waals surface area contributed by atoms with Gasteiger partial charge in [-0.05, 0) is 51.6 Å². The van der Waals surface area contributed by atoms with Crippen molar-refractivity contribution in [3.05, 3.63) is 27.4 Å². The van der Waals surface area contributed by atoms with Crippen LogP contribution in [0.15, 0.2) is 4.79 Å². The third-order valence-corrected chi connectivity index (χ3v) is 4.95. The van der Waals surface area contributed by atoms with Gasteiger partial charge < -0.3 is 9.47 Å². The van der Waals surface area contributed by atoms with E-state index in [0.29, 0.717) is 0 Å². The van der Waals surface area contributed by atoms with Gasteiger partial charge >= 0.3 is 0 Å². The van der Waals surface area contributed by atoms with Crippen LogP contribution < -0.4 is 5.56 Å². The molecule has 130 valence electrons. The average molecular weight is 319 g/mol. The number of aryl methyl sites for hydroxylation is 2. The summed E-state index contributed by atoms with van der Waals surface area (Å²) in [7, 11) is 0. The van der Waals surface area contributed by atoms with Gasteiger partial charge in [-0.2, -0.15) is 0 Å². The number of aromatic nitrogens is 2. The van der Waals surface area contributed by atoms with Crippen LogP contribution in [-0.4, -0.2) is 34.1 Å². The maximum absolute atomic E-state index is 12.9. The third-order valence-electron chi connectivity index (χ3n) is 4.95. The Morgan fingerprint density at radius 2 is 1.70 bits per heavy atom. The first-order valence-electron chi connectivity index (χ1n) is 9.55. The van der Waals surface area contributed by atoms with Crippen LogP contribution in [0.4, 0.5) is 0 Å². The lowest BCUT2D eigenvalue weighted by atomic mass is 10.1. The number of hydrogen-bond acceptors (Lipinski definition) is 3. The molecule has 2 heterocycles. The number of rotatable bonds is 8. The van der Waals surface area contributed by atoms with Gasteiger partial charge in [-0.25, -0.2) is 0 Å². The second-order valence-electron chi connectivity index (χ2n) is 6.62. The molecule has 1 aliphatic heterocycles. The van der Waals surface area contributed by atoms with Crippen molar-refractivity contribution in [3.8, 4) is 0 Å². The van der Waals surface area contributed by atoms with Gasteiger partial charge in [-0.15, -0.1) is 0 Å². The predicted octanol–water partition coefficient (Wildman–Crippen LogP) is 3.20. The monoisotopic (exact) mass is 319 g/mol. The number of nitrogens with zero attached hydrogens (tertiary/aromatic N) is 3. The van der Waals surface area contributed by atoms with Gasteiger partial charge in [0.15, 0.2) is 0 Å². The Labute approximate surface area is 140 Å². The number of piperidine rings is 1. The van der Waals surface area contributed by atoms with Crippen LogP contribution in [-0.2, 0) is 25.8 Å². The summed E-state index contributed by atoms with van der Waals surface area (Å²) in [5.74, 6) is 0. The molecule has 1 aromatic rings. The van der Waals surface area contributed by atoms with Crippen molar-refractivity contribution in [3.63, 3.8) is 0 Å². The van der Waals surface area contributed by atoms with Crippen LogP contribution in [0.2, 0.25) is 0 Å². The molecular weight excluding hydrogens is 286 g/mol. The average Bonchev–Trinajstić information content (AvgIpc) is 2.60. The van der Waals surface area contributed by atoms with E-state index in [1.165, 1.54) is 32.4 Å². The molecule has 0 amide bonds. The molecule has 0 saturated carbocycles. The molecule has 0 bridgehead atoms. The van der Waals surface area contributed by atoms with Crippen LogP contribution in [0, 0.1) is 0 Å². The first-order chi connectivity index (χ1) is 11.2. The molecule has 23 heavy (non-hydrogen) atoms. The van der Waals surface area contributed by atoms with E-state index in [1.807, 2.05) is 4.57 Å². The van der Waals surface area contributed by atoms with Crippen molar-refractivity contribution >= 4 is 0 Å². The standard InChI is InChI=1S/C19H33N3O/c1-4-7-11-17-19(23)22(18(6-3)16(5-2)20-17)15-14-21-12-9-8-10-13-21/h4-15H2,1-3H3. The number of likely N-dealkylation sites (tertiary alicyclic amines) is 1. The fourth-order valence-corrected chi connectivity index (χ4v) is 3.56. The van der Waals surface area contributed by atoms with Crippen molar-refractivity contribution in [2.45, 2.75) is 78.7 Å². The lowest BCUT2D eigenvalue weighted by Crippen LogP contribution is -2.37. The molecule has 0 aliphatic carbocycles. The van der Waals surface area contributed by atoms with Gasteiger partial charge in [0.2, 0.25) is 0 Å². The van der Waals surface area contributed by atoms with Gasteiger partial charge in [-0.3, -0.25) is 9.78 Å². The molecule has 0 aromatic carbocycles. The van der Waals surface area contributed by atoms with Gasteiger partial charge in [0.25, 0.3) is 5.56 Å². The molecule has 1 aromatic heterocycles. The van der Waals surface area contributed by atoms with Gasteiger partial charge in [-0.1, -0.05) is 33.6 Å². The van der Waals surface area contributed by atoms with E-state index < -0.39 is 0 Å². The van der Waals surface area contributed by atoms with Crippen molar-refractivity contribution < 1.29 is 0 Å². The minimum absolute atomic E-state index is 0.157. The third kappa shape index (κ3) is 4.66. The first-order valence-corrected chi connectivity index (χ1v) is 9.55. The zero-order valence-corrected chi connectivity index (χ0v) is 15.2. The molecule has 0 spiro atoms. The van der Waals surface area contributed by atoms with Crippen molar-refractivity contribution in [1.82, 2.24) is 14.5 Å². The SMILES string of the molecule is CCCCc1nc(CC)c(CC)n(CCN2CCCCC2)c1=O. The highest BCUT2D eigenvalue weighted by Crippen LogP contribution is 2.11. The second kappa shape index (κ2) is 9.21. The maximum atomic E-state index is 12.9. The van der Waals surface area contributed by atoms with Crippen LogP contribution in [0.1, 0.15) is 70.0 Å². The zero-order valence-electron chi connectivity index (χ0n) is 15.2. The normalized spacial score (nSPS) is 16.0. The highest BCUT2D eigenvalue weighted by Gasteiger charge is 2.16. The molecule has 1 saturated heterocycles. The Hall–Kier alpha value is -1.16. The van der Waals surface area contributed by atoms with E-state index in [2.05, 4.69) is 25.7 Å². The summed E-state index contributed by atoms with van der Waals surface area (Å²) in [5.41, 5.74) is 3.20. The summed E-state index contributed by atoms with van der Waals surface area (Å²) in [6.07, 6.45) is 8.71. The summed E-state index contributed by atoms with van der Waals surface area (Å²) >= 11 is 0. The van der Waals surface area contributed by atoms with Crippen LogP contribution in [0.25, 0.3) is 0 Å². The molecule has 2 rings (SSSR count). The van der Waals surface area contributed by atoms with E-state index >= 15 is 0 Å². The Bertz CT molecular complexity index is 544. The van der Waals surface area contributed by atoms with Gasteiger partial charge in [0.1, 0.15) is 5.69 Å². The Morgan fingerprint density at radius 3 is 2.30 bits per heavy atom. The molecule has 1 fully saturated rings. The molecule has 0 N–H and O–H groups in total. The van der Waals surface area contributed by atoms with Crippen molar-refractivity contribution in [2.75, 3.05) is 19.6 Å². The zero-order chi connectivity index (χ0) is 16.7. The molecule has 0 atom stereocenters. The Morgan fingerprint density at radius 1 is 0.957 bits per heavy atom. The van der Waals surface area contributed by atoms with E-state index in [4.69, 9.17) is 4.98 Å². The highest BCUT2D eigenvalue weighted by atomic mass is 16.1.